The lowest BCUT2D eigenvalue weighted by Gasteiger charge is -2.10. The van der Waals surface area contributed by atoms with Crippen LogP contribution in [-0.2, 0) is 22.8 Å². The van der Waals surface area contributed by atoms with Crippen LogP contribution in [0.1, 0.15) is 16.8 Å². The summed E-state index contributed by atoms with van der Waals surface area (Å²) in [6.07, 6.45) is 0.719. The van der Waals surface area contributed by atoms with Crippen molar-refractivity contribution in [2.45, 2.75) is 36.6 Å². The smallest absolute Gasteiger partial charge is 0.210 e. The lowest BCUT2D eigenvalue weighted by Crippen LogP contribution is -2.10. The number of anilines is 1. The van der Waals surface area contributed by atoms with E-state index in [0.29, 0.717) is 22.2 Å². The average Bonchev–Trinajstić information content (AvgIpc) is 2.84. The van der Waals surface area contributed by atoms with Crippen molar-refractivity contribution in [1.82, 2.24) is 4.57 Å². The van der Waals surface area contributed by atoms with Gasteiger partial charge in [-0.05, 0) is 67.8 Å². The highest BCUT2D eigenvalue weighted by molar-refractivity contribution is 7.91. The second-order valence-corrected chi connectivity index (χ2v) is 9.17. The molecule has 3 rings (SSSR count). The highest BCUT2D eigenvalue weighted by Crippen LogP contribution is 2.34. The summed E-state index contributed by atoms with van der Waals surface area (Å²) < 4.78 is 28.1. The first kappa shape index (κ1) is 19.8. The Morgan fingerprint density at radius 2 is 1.44 bits per heavy atom. The van der Waals surface area contributed by atoms with Crippen molar-refractivity contribution in [2.24, 2.45) is 0 Å². The SMILES string of the molecule is Cc1c(S(=O)(=O)c2ccc(Cl)cc2)c(N)n(CCc2ccc(Cl)cc2)c1C. The third-order valence-corrected chi connectivity index (χ3v) is 7.19. The van der Waals surface area contributed by atoms with Gasteiger partial charge in [0, 0.05) is 22.3 Å². The van der Waals surface area contributed by atoms with Gasteiger partial charge >= 0.3 is 0 Å². The van der Waals surface area contributed by atoms with Crippen LogP contribution in [0.15, 0.2) is 58.3 Å². The Morgan fingerprint density at radius 3 is 2.00 bits per heavy atom. The molecular weight excluding hydrogens is 403 g/mol. The van der Waals surface area contributed by atoms with Crippen molar-refractivity contribution >= 4 is 38.9 Å². The van der Waals surface area contributed by atoms with Crippen molar-refractivity contribution in [3.63, 3.8) is 0 Å². The van der Waals surface area contributed by atoms with Crippen LogP contribution in [0.5, 0.6) is 0 Å². The zero-order valence-electron chi connectivity index (χ0n) is 15.0. The van der Waals surface area contributed by atoms with Crippen LogP contribution in [0, 0.1) is 13.8 Å². The molecule has 142 valence electrons. The van der Waals surface area contributed by atoms with E-state index in [9.17, 15) is 8.42 Å². The van der Waals surface area contributed by atoms with Gasteiger partial charge in [-0.25, -0.2) is 8.42 Å². The van der Waals surface area contributed by atoms with E-state index in [0.717, 1.165) is 17.7 Å². The van der Waals surface area contributed by atoms with E-state index in [1.807, 2.05) is 35.8 Å². The number of benzene rings is 2. The number of halogens is 2. The third kappa shape index (κ3) is 3.86. The summed E-state index contributed by atoms with van der Waals surface area (Å²) in [5, 5.41) is 1.16. The number of aryl methyl sites for hydroxylation is 1. The Kier molecular flexibility index (Phi) is 5.56. The molecule has 3 aromatic rings. The number of sulfone groups is 1. The normalized spacial score (nSPS) is 11.7. The number of rotatable bonds is 5. The van der Waals surface area contributed by atoms with E-state index in [1.54, 1.807) is 19.1 Å². The molecule has 0 aliphatic carbocycles. The minimum Gasteiger partial charge on any atom is -0.384 e. The van der Waals surface area contributed by atoms with E-state index < -0.39 is 9.84 Å². The maximum atomic E-state index is 13.1. The van der Waals surface area contributed by atoms with Crippen molar-refractivity contribution < 1.29 is 8.42 Å². The van der Waals surface area contributed by atoms with Gasteiger partial charge in [-0.15, -0.1) is 0 Å². The number of nitrogens with zero attached hydrogens (tertiary/aromatic N) is 1. The van der Waals surface area contributed by atoms with E-state index in [1.165, 1.54) is 12.1 Å². The highest BCUT2D eigenvalue weighted by atomic mass is 35.5. The lowest BCUT2D eigenvalue weighted by atomic mass is 10.1. The summed E-state index contributed by atoms with van der Waals surface area (Å²) in [7, 11) is -3.73. The molecule has 7 heteroatoms. The molecule has 0 spiro atoms. The lowest BCUT2D eigenvalue weighted by molar-refractivity contribution is 0.595. The van der Waals surface area contributed by atoms with E-state index >= 15 is 0 Å². The van der Waals surface area contributed by atoms with Gasteiger partial charge in [0.25, 0.3) is 0 Å². The summed E-state index contributed by atoms with van der Waals surface area (Å²) in [6.45, 7) is 4.25. The summed E-state index contributed by atoms with van der Waals surface area (Å²) >= 11 is 11.8. The number of hydrogen-bond acceptors (Lipinski definition) is 3. The molecule has 4 nitrogen and oxygen atoms in total. The number of nitrogen functional groups attached to an aromatic ring is 1. The summed E-state index contributed by atoms with van der Waals surface area (Å²) in [5.41, 5.74) is 8.89. The Bertz CT molecular complexity index is 1070. The fourth-order valence-electron chi connectivity index (χ4n) is 3.11. The number of aromatic nitrogens is 1. The molecule has 0 amide bonds. The first-order valence-corrected chi connectivity index (χ1v) is 10.7. The molecular formula is C20H20Cl2N2O2S. The van der Waals surface area contributed by atoms with Crippen LogP contribution in [0.3, 0.4) is 0 Å². The van der Waals surface area contributed by atoms with Crippen LogP contribution in [0.25, 0.3) is 0 Å². The van der Waals surface area contributed by atoms with E-state index in [4.69, 9.17) is 28.9 Å². The van der Waals surface area contributed by atoms with Crippen LogP contribution < -0.4 is 5.73 Å². The first-order chi connectivity index (χ1) is 12.7. The Hall–Kier alpha value is -1.95. The fraction of sp³-hybridized carbons (Fsp3) is 0.200. The molecule has 0 unspecified atom stereocenters. The Morgan fingerprint density at radius 1 is 0.926 bits per heavy atom. The fourth-order valence-corrected chi connectivity index (χ4v) is 5.03. The molecule has 0 bridgehead atoms. The van der Waals surface area contributed by atoms with Gasteiger partial charge in [-0.2, -0.15) is 0 Å². The zero-order valence-corrected chi connectivity index (χ0v) is 17.4. The predicted molar refractivity (Wildman–Crippen MR) is 110 cm³/mol. The predicted octanol–water partition coefficient (Wildman–Crippen LogP) is 5.07. The molecule has 2 aromatic carbocycles. The largest absolute Gasteiger partial charge is 0.384 e. The van der Waals surface area contributed by atoms with E-state index in [-0.39, 0.29) is 15.6 Å². The van der Waals surface area contributed by atoms with Gasteiger partial charge in [-0.3, -0.25) is 0 Å². The number of nitrogens with two attached hydrogens (primary N) is 1. The average molecular weight is 423 g/mol. The second kappa shape index (κ2) is 7.58. The van der Waals surface area contributed by atoms with Gasteiger partial charge in [0.05, 0.1) is 4.90 Å². The molecule has 0 aliphatic heterocycles. The van der Waals surface area contributed by atoms with Crippen molar-refractivity contribution in [3.8, 4) is 0 Å². The second-order valence-electron chi connectivity index (χ2n) is 6.41. The summed E-state index contributed by atoms with van der Waals surface area (Å²) in [6, 6.07) is 13.7. The monoisotopic (exact) mass is 422 g/mol. The van der Waals surface area contributed by atoms with E-state index in [2.05, 4.69) is 0 Å². The topological polar surface area (TPSA) is 65.1 Å². The molecule has 0 atom stereocenters. The van der Waals surface area contributed by atoms with Crippen molar-refractivity contribution in [2.75, 3.05) is 5.73 Å². The zero-order chi connectivity index (χ0) is 19.8. The van der Waals surface area contributed by atoms with Crippen molar-refractivity contribution in [1.29, 1.82) is 0 Å². The molecule has 0 aliphatic rings. The van der Waals surface area contributed by atoms with Crippen LogP contribution >= 0.6 is 23.2 Å². The Labute approximate surface area is 169 Å². The molecule has 2 N–H and O–H groups in total. The van der Waals surface area contributed by atoms with Crippen LogP contribution in [-0.4, -0.2) is 13.0 Å². The van der Waals surface area contributed by atoms with Crippen LogP contribution in [0.2, 0.25) is 10.0 Å². The maximum Gasteiger partial charge on any atom is 0.210 e. The molecule has 0 radical (unpaired) electrons. The van der Waals surface area contributed by atoms with Gasteiger partial charge in [0.15, 0.2) is 0 Å². The highest BCUT2D eigenvalue weighted by Gasteiger charge is 2.28. The maximum absolute atomic E-state index is 13.1. The molecule has 0 fully saturated rings. The van der Waals surface area contributed by atoms with Crippen molar-refractivity contribution in [3.05, 3.63) is 75.4 Å². The Balaban J connectivity index is 1.97. The van der Waals surface area contributed by atoms with Crippen LogP contribution in [0.4, 0.5) is 5.82 Å². The summed E-state index contributed by atoms with van der Waals surface area (Å²) in [4.78, 5) is 0.343. The van der Waals surface area contributed by atoms with Gasteiger partial charge in [0.2, 0.25) is 9.84 Å². The third-order valence-electron chi connectivity index (χ3n) is 4.74. The van der Waals surface area contributed by atoms with Gasteiger partial charge in [-0.1, -0.05) is 35.3 Å². The molecule has 27 heavy (non-hydrogen) atoms. The molecule has 0 saturated heterocycles. The standard InChI is InChI=1S/C20H20Cl2N2O2S/c1-13-14(2)24(12-11-15-3-5-16(21)6-4-15)20(23)19(13)27(25,26)18-9-7-17(22)8-10-18/h3-10H,11-12,23H2,1-2H3. The van der Waals surface area contributed by atoms with Gasteiger partial charge < -0.3 is 10.3 Å². The first-order valence-electron chi connectivity index (χ1n) is 8.42. The minimum atomic E-state index is -3.73. The molecule has 1 aromatic heterocycles. The molecule has 1 heterocycles. The summed E-state index contributed by atoms with van der Waals surface area (Å²) in [5.74, 6) is 0.258. The minimum absolute atomic E-state index is 0.165. The van der Waals surface area contributed by atoms with Gasteiger partial charge in [0.1, 0.15) is 10.7 Å². The quantitative estimate of drug-likeness (QED) is 0.623. The molecule has 0 saturated carbocycles. The number of hydrogen-bond donors (Lipinski definition) is 1.